The first-order valence-electron chi connectivity index (χ1n) is 9.38. The van der Waals surface area contributed by atoms with Gasteiger partial charge in [0.15, 0.2) is 5.84 Å². The molecule has 0 aliphatic carbocycles. The quantitative estimate of drug-likeness (QED) is 0.174. The van der Waals surface area contributed by atoms with E-state index in [0.29, 0.717) is 23.8 Å². The molecule has 0 saturated carbocycles. The van der Waals surface area contributed by atoms with Crippen LogP contribution in [0.25, 0.3) is 11.3 Å². The lowest BCUT2D eigenvalue weighted by Crippen LogP contribution is -2.35. The average Bonchev–Trinajstić information content (AvgIpc) is 3.00. The lowest BCUT2D eigenvalue weighted by molar-refractivity contribution is 0.0926. The number of fused-ring (bicyclic) bond motifs is 1. The Balaban J connectivity index is 1.63. The zero-order chi connectivity index (χ0) is 21.3. The molecule has 0 atom stereocenters. The number of hydrogen-bond acceptors (Lipinski definition) is 6. The summed E-state index contributed by atoms with van der Waals surface area (Å²) in [7, 11) is 0. The molecule has 2 aromatic heterocycles. The van der Waals surface area contributed by atoms with Crippen LogP contribution in [-0.2, 0) is 6.54 Å². The SMILES string of the molecule is Cc1c(-c2ccnc(Nc3ccc(C(=N)N=NN)cc3)n2)c(C)n2c1C(=O)NCC2. The van der Waals surface area contributed by atoms with E-state index in [-0.39, 0.29) is 11.7 Å². The van der Waals surface area contributed by atoms with Crippen LogP contribution in [0.15, 0.2) is 46.9 Å². The van der Waals surface area contributed by atoms with E-state index in [1.807, 2.05) is 24.5 Å². The number of carbonyl (C=O) groups is 1. The van der Waals surface area contributed by atoms with Gasteiger partial charge in [-0.3, -0.25) is 10.2 Å². The van der Waals surface area contributed by atoms with E-state index in [1.165, 1.54) is 0 Å². The Labute approximate surface area is 172 Å². The number of rotatable bonds is 4. The smallest absolute Gasteiger partial charge is 0.268 e. The van der Waals surface area contributed by atoms with Gasteiger partial charge in [0.25, 0.3) is 5.91 Å². The summed E-state index contributed by atoms with van der Waals surface area (Å²) in [5, 5.41) is 20.4. The Bertz CT molecular complexity index is 1160. The predicted molar refractivity (Wildman–Crippen MR) is 113 cm³/mol. The van der Waals surface area contributed by atoms with Crippen molar-refractivity contribution in [1.82, 2.24) is 19.9 Å². The normalized spacial score (nSPS) is 13.2. The van der Waals surface area contributed by atoms with Crippen LogP contribution < -0.4 is 16.5 Å². The highest BCUT2D eigenvalue weighted by Crippen LogP contribution is 2.32. The molecule has 3 heterocycles. The summed E-state index contributed by atoms with van der Waals surface area (Å²) in [6.45, 7) is 5.32. The first-order valence-corrected chi connectivity index (χ1v) is 9.38. The number of nitrogens with zero attached hydrogens (tertiary/aromatic N) is 5. The van der Waals surface area contributed by atoms with Gasteiger partial charge in [-0.1, -0.05) is 5.22 Å². The molecular formula is C20H21N9O. The standard InChI is InChI=1S/C20H21N9O/c1-11-16(12(2)29-10-9-23-19(30)17(11)29)15-7-8-24-20(26-15)25-14-5-3-13(4-6-14)18(21)27-28-22/h3-8H,9-10H2,1-2H3,(H,23,30)(H3,21,22,27)(H,24,25,26). The van der Waals surface area contributed by atoms with Crippen molar-refractivity contribution in [3.8, 4) is 11.3 Å². The zero-order valence-corrected chi connectivity index (χ0v) is 16.6. The fraction of sp³-hybridized carbons (Fsp3) is 0.200. The fourth-order valence-corrected chi connectivity index (χ4v) is 3.72. The van der Waals surface area contributed by atoms with Gasteiger partial charge in [0.2, 0.25) is 5.95 Å². The van der Waals surface area contributed by atoms with Gasteiger partial charge in [0, 0.05) is 41.8 Å². The molecule has 1 aliphatic heterocycles. The number of hydrogen-bond donors (Lipinski definition) is 4. The van der Waals surface area contributed by atoms with Crippen molar-refractivity contribution in [2.75, 3.05) is 11.9 Å². The predicted octanol–water partition coefficient (Wildman–Crippen LogP) is 2.70. The highest BCUT2D eigenvalue weighted by atomic mass is 16.2. The number of benzene rings is 1. The molecule has 1 aliphatic rings. The van der Waals surface area contributed by atoms with Crippen molar-refractivity contribution in [3.05, 3.63) is 59.0 Å². The summed E-state index contributed by atoms with van der Waals surface area (Å²) in [6, 6.07) is 8.90. The van der Waals surface area contributed by atoms with Crippen LogP contribution in [0, 0.1) is 19.3 Å². The van der Waals surface area contributed by atoms with Gasteiger partial charge in [-0.25, -0.2) is 9.97 Å². The summed E-state index contributed by atoms with van der Waals surface area (Å²) in [6.07, 6.45) is 1.69. The van der Waals surface area contributed by atoms with Crippen molar-refractivity contribution in [1.29, 1.82) is 5.41 Å². The maximum absolute atomic E-state index is 12.3. The van der Waals surface area contributed by atoms with Crippen LogP contribution in [0.2, 0.25) is 0 Å². The van der Waals surface area contributed by atoms with Crippen LogP contribution in [0.4, 0.5) is 11.6 Å². The molecule has 30 heavy (non-hydrogen) atoms. The Kier molecular flexibility index (Phi) is 4.97. The van der Waals surface area contributed by atoms with Crippen molar-refractivity contribution >= 4 is 23.4 Å². The molecule has 0 unspecified atom stereocenters. The van der Waals surface area contributed by atoms with Crippen molar-refractivity contribution < 1.29 is 4.79 Å². The molecule has 0 fully saturated rings. The molecule has 0 bridgehead atoms. The van der Waals surface area contributed by atoms with Crippen molar-refractivity contribution in [2.45, 2.75) is 20.4 Å². The molecule has 0 saturated heterocycles. The van der Waals surface area contributed by atoms with E-state index in [2.05, 4.69) is 30.9 Å². The van der Waals surface area contributed by atoms with E-state index < -0.39 is 0 Å². The molecule has 10 heteroatoms. The number of nitrogens with one attached hydrogen (secondary N) is 3. The zero-order valence-electron chi connectivity index (χ0n) is 16.6. The van der Waals surface area contributed by atoms with Gasteiger partial charge in [-0.05, 0) is 49.7 Å². The topological polar surface area (TPSA) is 146 Å². The first-order chi connectivity index (χ1) is 14.5. The number of anilines is 2. The summed E-state index contributed by atoms with van der Waals surface area (Å²) in [5.41, 5.74) is 5.66. The lowest BCUT2D eigenvalue weighted by atomic mass is 10.1. The third kappa shape index (κ3) is 3.39. The molecular weight excluding hydrogens is 382 g/mol. The molecule has 1 amide bonds. The molecule has 0 spiro atoms. The number of carbonyl (C=O) groups excluding carboxylic acids is 1. The van der Waals surface area contributed by atoms with Gasteiger partial charge < -0.3 is 21.0 Å². The number of amidine groups is 1. The fourth-order valence-electron chi connectivity index (χ4n) is 3.72. The highest BCUT2D eigenvalue weighted by molar-refractivity contribution is 5.98. The van der Waals surface area contributed by atoms with Crippen LogP contribution in [-0.4, -0.2) is 32.8 Å². The van der Waals surface area contributed by atoms with Crippen molar-refractivity contribution in [2.24, 2.45) is 16.2 Å². The molecule has 152 valence electrons. The maximum Gasteiger partial charge on any atom is 0.268 e. The van der Waals surface area contributed by atoms with E-state index >= 15 is 0 Å². The van der Waals surface area contributed by atoms with Crippen LogP contribution >= 0.6 is 0 Å². The second-order valence-corrected chi connectivity index (χ2v) is 6.87. The number of aromatic nitrogens is 3. The summed E-state index contributed by atoms with van der Waals surface area (Å²) < 4.78 is 2.05. The highest BCUT2D eigenvalue weighted by Gasteiger charge is 2.26. The molecule has 3 aromatic rings. The second-order valence-electron chi connectivity index (χ2n) is 6.87. The van der Waals surface area contributed by atoms with E-state index in [9.17, 15) is 4.79 Å². The minimum Gasteiger partial charge on any atom is -0.349 e. The molecule has 5 N–H and O–H groups in total. The Morgan fingerprint density at radius 2 is 2.03 bits per heavy atom. The molecule has 1 aromatic carbocycles. The Morgan fingerprint density at radius 1 is 1.27 bits per heavy atom. The number of amides is 1. The second kappa shape index (κ2) is 7.74. The van der Waals surface area contributed by atoms with Gasteiger partial charge in [0.05, 0.1) is 5.69 Å². The molecule has 0 radical (unpaired) electrons. The third-order valence-electron chi connectivity index (χ3n) is 5.09. The van der Waals surface area contributed by atoms with Crippen molar-refractivity contribution in [3.63, 3.8) is 0 Å². The van der Waals surface area contributed by atoms with Crippen LogP contribution in [0.3, 0.4) is 0 Å². The molecule has 4 rings (SSSR count). The summed E-state index contributed by atoms with van der Waals surface area (Å²) in [5.74, 6) is 5.35. The van der Waals surface area contributed by atoms with Gasteiger partial charge in [-0.2, -0.15) is 0 Å². The van der Waals surface area contributed by atoms with Gasteiger partial charge in [-0.15, -0.1) is 5.11 Å². The third-order valence-corrected chi connectivity index (χ3v) is 5.09. The van der Waals surface area contributed by atoms with Gasteiger partial charge >= 0.3 is 0 Å². The van der Waals surface area contributed by atoms with Crippen LogP contribution in [0.1, 0.15) is 27.3 Å². The molecule has 10 nitrogen and oxygen atoms in total. The largest absolute Gasteiger partial charge is 0.349 e. The lowest BCUT2D eigenvalue weighted by Gasteiger charge is -2.17. The maximum atomic E-state index is 12.3. The van der Waals surface area contributed by atoms with E-state index in [4.69, 9.17) is 11.3 Å². The Morgan fingerprint density at radius 3 is 2.73 bits per heavy atom. The van der Waals surface area contributed by atoms with Gasteiger partial charge in [0.1, 0.15) is 5.69 Å². The summed E-state index contributed by atoms with van der Waals surface area (Å²) in [4.78, 5) is 21.3. The minimum absolute atomic E-state index is 0.0186. The van der Waals surface area contributed by atoms with E-state index in [0.717, 1.165) is 34.7 Å². The van der Waals surface area contributed by atoms with Crippen LogP contribution in [0.5, 0.6) is 0 Å². The number of nitrogens with two attached hydrogens (primary N) is 1. The van der Waals surface area contributed by atoms with E-state index in [1.54, 1.807) is 30.5 Å². The first kappa shape index (κ1) is 19.2. The Hall–Kier alpha value is -4.08. The average molecular weight is 403 g/mol. The monoisotopic (exact) mass is 403 g/mol. The summed E-state index contributed by atoms with van der Waals surface area (Å²) >= 11 is 0. The minimum atomic E-state index is -0.0552.